The fraction of sp³-hybridized carbons (Fsp3) is 0.818. The van der Waals surface area contributed by atoms with E-state index in [4.69, 9.17) is 0 Å². The molecule has 0 aromatic rings. The lowest BCUT2D eigenvalue weighted by Gasteiger charge is -2.44. The molecule has 40 heavy (non-hydrogen) atoms. The van der Waals surface area contributed by atoms with Gasteiger partial charge in [-0.05, 0) is 15.9 Å². The van der Waals surface area contributed by atoms with E-state index in [1.165, 1.54) is 0 Å². The van der Waals surface area contributed by atoms with E-state index in [9.17, 15) is 105 Å². The monoisotopic (exact) mass is 724 g/mol. The van der Waals surface area contributed by atoms with Crippen LogP contribution in [0.25, 0.3) is 0 Å². The molecule has 0 rings (SSSR count). The standard InChI is InChI=1S/C11HBrF24N4/c12-1(2(37(4(13,14)15)5(16,17)18)38(6(19,20)21)7(22,23)24)3(39(8(25,26)27)9(28,29)30)40(10(31,32)33)11(34,35)36/h2H. The smallest absolute Gasteiger partial charge is 0.177 e. The number of hydrogen-bond donors (Lipinski definition) is 0. The van der Waals surface area contributed by atoms with Crippen LogP contribution >= 0.6 is 15.9 Å². The van der Waals surface area contributed by atoms with Crippen molar-refractivity contribution in [2.45, 2.75) is 56.6 Å². The molecule has 0 saturated heterocycles. The van der Waals surface area contributed by atoms with Crippen molar-refractivity contribution in [3.05, 3.63) is 10.3 Å². The molecular weight excluding hydrogens is 724 g/mol. The largest absolute Gasteiger partial charge is 0.492 e. The molecule has 0 aromatic heterocycles. The van der Waals surface area contributed by atoms with Crippen molar-refractivity contribution in [2.24, 2.45) is 0 Å². The number of nitrogens with zero attached hydrogens (tertiary/aromatic N) is 4. The van der Waals surface area contributed by atoms with E-state index in [1.807, 2.05) is 0 Å². The van der Waals surface area contributed by atoms with Gasteiger partial charge in [0, 0.05) is 0 Å². The molecule has 0 fully saturated rings. The van der Waals surface area contributed by atoms with Gasteiger partial charge < -0.3 is 0 Å². The summed E-state index contributed by atoms with van der Waals surface area (Å²) in [5, 5.41) is 0. The van der Waals surface area contributed by atoms with Crippen LogP contribution in [-0.2, 0) is 0 Å². The van der Waals surface area contributed by atoms with Crippen LogP contribution in [0.4, 0.5) is 105 Å². The lowest BCUT2D eigenvalue weighted by atomic mass is 10.3. The Hall–Kier alpha value is -1.94. The molecule has 0 bridgehead atoms. The highest BCUT2D eigenvalue weighted by molar-refractivity contribution is 9.11. The van der Waals surface area contributed by atoms with Crippen molar-refractivity contribution in [1.29, 1.82) is 0 Å². The van der Waals surface area contributed by atoms with E-state index >= 15 is 0 Å². The summed E-state index contributed by atoms with van der Waals surface area (Å²) >= 11 is 0.466. The summed E-state index contributed by atoms with van der Waals surface area (Å²) in [7, 11) is 0. The van der Waals surface area contributed by atoms with Crippen LogP contribution in [0.15, 0.2) is 10.3 Å². The van der Waals surface area contributed by atoms with Gasteiger partial charge in [0.1, 0.15) is 12.0 Å². The maximum atomic E-state index is 13.0. The Kier molecular flexibility index (Phi) is 10.2. The van der Waals surface area contributed by atoms with Gasteiger partial charge in [-0.25, -0.2) is 0 Å². The van der Waals surface area contributed by atoms with Gasteiger partial charge in [0.05, 0.1) is 4.48 Å². The first-order valence-corrected chi connectivity index (χ1v) is 8.81. The highest BCUT2D eigenvalue weighted by Crippen LogP contribution is 2.52. The Balaban J connectivity index is 8.83. The third-order valence-corrected chi connectivity index (χ3v) is 4.22. The Morgan fingerprint density at radius 3 is 0.650 bits per heavy atom. The zero-order valence-electron chi connectivity index (χ0n) is 16.8. The first-order chi connectivity index (χ1) is 16.9. The molecule has 0 radical (unpaired) electrons. The van der Waals surface area contributed by atoms with Gasteiger partial charge in [-0.3, -0.25) is 0 Å². The molecule has 0 spiro atoms. The van der Waals surface area contributed by atoms with E-state index < -0.39 is 86.5 Å². The zero-order valence-corrected chi connectivity index (χ0v) is 18.4. The summed E-state index contributed by atoms with van der Waals surface area (Å²) in [6.07, 6.45) is -69.5. The van der Waals surface area contributed by atoms with Crippen LogP contribution in [0.3, 0.4) is 0 Å². The van der Waals surface area contributed by atoms with E-state index in [-0.39, 0.29) is 0 Å². The van der Waals surface area contributed by atoms with Crippen molar-refractivity contribution < 1.29 is 105 Å². The Morgan fingerprint density at radius 2 is 0.525 bits per heavy atom. The first-order valence-electron chi connectivity index (χ1n) is 8.02. The van der Waals surface area contributed by atoms with Gasteiger partial charge in [-0.1, -0.05) is 0 Å². The molecule has 0 heterocycles. The Labute approximate surface area is 209 Å². The van der Waals surface area contributed by atoms with Gasteiger partial charge >= 0.3 is 50.4 Å². The maximum absolute atomic E-state index is 13.0. The second-order valence-corrected chi connectivity index (χ2v) is 7.05. The van der Waals surface area contributed by atoms with Crippen LogP contribution in [0.1, 0.15) is 0 Å². The summed E-state index contributed by atoms with van der Waals surface area (Å²) in [4.78, 5) is -16.8. The predicted octanol–water partition coefficient (Wildman–Crippen LogP) is 8.24. The molecule has 29 heteroatoms. The molecule has 0 N–H and O–H groups in total. The average molecular weight is 725 g/mol. The van der Waals surface area contributed by atoms with Crippen molar-refractivity contribution in [2.75, 3.05) is 0 Å². The van der Waals surface area contributed by atoms with E-state index in [2.05, 4.69) is 0 Å². The fourth-order valence-corrected chi connectivity index (χ4v) is 3.15. The summed E-state index contributed by atoms with van der Waals surface area (Å²) in [5.41, 5.74) is 0. The number of rotatable bonds is 5. The van der Waals surface area contributed by atoms with Gasteiger partial charge in [0.25, 0.3) is 0 Å². The summed E-state index contributed by atoms with van der Waals surface area (Å²) in [6, 6.07) is 0. The van der Waals surface area contributed by atoms with Crippen molar-refractivity contribution in [3.8, 4) is 0 Å². The number of alkyl halides is 24. The Bertz CT molecular complexity index is 770. The molecule has 0 aliphatic heterocycles. The zero-order chi connectivity index (χ0) is 33.0. The van der Waals surface area contributed by atoms with E-state index in [1.54, 1.807) is 0 Å². The lowest BCUT2D eigenvalue weighted by Crippen LogP contribution is -2.67. The quantitative estimate of drug-likeness (QED) is 0.161. The molecular formula is C11HBrF24N4. The molecule has 0 atom stereocenters. The predicted molar refractivity (Wildman–Crippen MR) is 75.5 cm³/mol. The van der Waals surface area contributed by atoms with Crippen molar-refractivity contribution in [1.82, 2.24) is 19.6 Å². The van der Waals surface area contributed by atoms with Gasteiger partial charge in [0.15, 0.2) is 0 Å². The Morgan fingerprint density at radius 1 is 0.350 bits per heavy atom. The van der Waals surface area contributed by atoms with Gasteiger partial charge in [-0.15, -0.1) is 62.5 Å². The first kappa shape index (κ1) is 38.1. The van der Waals surface area contributed by atoms with E-state index in [0.717, 1.165) is 0 Å². The highest BCUT2D eigenvalue weighted by atomic mass is 79.9. The minimum atomic E-state index is -7.88. The SMILES string of the molecule is FC(F)(F)N(C(=C(Br)C(N(C(F)(F)F)C(F)(F)F)N(C(F)(F)F)C(F)(F)F)N(C(F)(F)F)C(F)(F)F)C(F)(F)F. The summed E-state index contributed by atoms with van der Waals surface area (Å²) in [6.45, 7) is 0. The molecule has 0 unspecified atom stereocenters. The molecule has 0 saturated carbocycles. The number of halogens is 25. The average Bonchev–Trinajstić information content (AvgIpc) is 2.49. The topological polar surface area (TPSA) is 13.0 Å². The highest BCUT2D eigenvalue weighted by Gasteiger charge is 2.71. The summed E-state index contributed by atoms with van der Waals surface area (Å²) in [5.74, 6) is -5.23. The maximum Gasteiger partial charge on any atom is 0.492 e. The molecule has 0 amide bonds. The van der Waals surface area contributed by atoms with Gasteiger partial charge in [0.2, 0.25) is 0 Å². The van der Waals surface area contributed by atoms with Crippen molar-refractivity contribution in [3.63, 3.8) is 0 Å². The van der Waals surface area contributed by atoms with Crippen LogP contribution in [0, 0.1) is 0 Å². The molecule has 0 aromatic carbocycles. The fourth-order valence-electron chi connectivity index (χ4n) is 2.38. The minimum Gasteiger partial charge on any atom is -0.177 e. The second-order valence-electron chi connectivity index (χ2n) is 6.20. The van der Waals surface area contributed by atoms with Gasteiger partial charge in [-0.2, -0.15) is 62.5 Å². The second kappa shape index (κ2) is 10.7. The van der Waals surface area contributed by atoms with Crippen LogP contribution in [0.2, 0.25) is 0 Å². The van der Waals surface area contributed by atoms with Crippen LogP contribution < -0.4 is 0 Å². The van der Waals surface area contributed by atoms with Crippen LogP contribution in [-0.4, -0.2) is 76.2 Å². The molecule has 0 aliphatic carbocycles. The lowest BCUT2D eigenvalue weighted by molar-refractivity contribution is -0.445. The normalized spacial score (nSPS) is 15.3. The molecule has 4 nitrogen and oxygen atoms in total. The van der Waals surface area contributed by atoms with Crippen LogP contribution in [0.5, 0.6) is 0 Å². The molecule has 0 aliphatic rings. The number of hydrogen-bond acceptors (Lipinski definition) is 4. The van der Waals surface area contributed by atoms with Crippen molar-refractivity contribution >= 4 is 15.9 Å². The molecule has 240 valence electrons. The third-order valence-electron chi connectivity index (χ3n) is 3.46. The minimum absolute atomic E-state index is 0.466. The summed E-state index contributed by atoms with van der Waals surface area (Å²) < 4.78 is 309. The van der Waals surface area contributed by atoms with E-state index in [0.29, 0.717) is 15.9 Å². The third kappa shape index (κ3) is 9.03.